The minimum absolute atomic E-state index is 0.119. The number of carbonyl (C=O) groups is 2. The van der Waals surface area contributed by atoms with Crippen molar-refractivity contribution >= 4 is 33.6 Å². The zero-order chi connectivity index (χ0) is 27.7. The SMILES string of the molecule is CC(C)(C)COC(=O)Nc1ccc2c(c1)N(S(=O)(=O)c1cccc(C#N)c1)CC(CN1C(=O)OCC1O)O2. The average molecular weight is 545 g/mol. The fourth-order valence-corrected chi connectivity index (χ4v) is 5.40. The summed E-state index contributed by atoms with van der Waals surface area (Å²) in [5, 5.41) is 21.9. The molecule has 2 amide bonds. The molecule has 12 nitrogen and oxygen atoms in total. The van der Waals surface area contributed by atoms with Crippen LogP contribution in [0, 0.1) is 16.7 Å². The second kappa shape index (κ2) is 10.4. The number of sulfonamides is 1. The number of anilines is 2. The summed E-state index contributed by atoms with van der Waals surface area (Å²) in [4.78, 5) is 25.2. The van der Waals surface area contributed by atoms with E-state index in [4.69, 9.17) is 14.2 Å². The summed E-state index contributed by atoms with van der Waals surface area (Å²) < 4.78 is 44.7. The van der Waals surface area contributed by atoms with E-state index >= 15 is 0 Å². The van der Waals surface area contributed by atoms with Crippen molar-refractivity contribution in [3.05, 3.63) is 48.0 Å². The number of nitrogens with zero attached hydrogens (tertiary/aromatic N) is 3. The highest BCUT2D eigenvalue weighted by Gasteiger charge is 2.39. The van der Waals surface area contributed by atoms with Gasteiger partial charge in [0.15, 0.2) is 6.23 Å². The van der Waals surface area contributed by atoms with Crippen LogP contribution in [0.15, 0.2) is 47.4 Å². The highest BCUT2D eigenvalue weighted by atomic mass is 32.2. The third kappa shape index (κ3) is 5.92. The summed E-state index contributed by atoms with van der Waals surface area (Å²) >= 11 is 0. The molecule has 0 aliphatic carbocycles. The van der Waals surface area contributed by atoms with Gasteiger partial charge in [0, 0.05) is 5.69 Å². The van der Waals surface area contributed by atoms with Crippen LogP contribution < -0.4 is 14.4 Å². The van der Waals surface area contributed by atoms with Crippen molar-refractivity contribution in [2.45, 2.75) is 38.0 Å². The number of carbonyl (C=O) groups excluding carboxylic acids is 2. The Hall–Kier alpha value is -4.02. The Morgan fingerprint density at radius 3 is 2.68 bits per heavy atom. The van der Waals surface area contributed by atoms with Crippen LogP contribution in [0.4, 0.5) is 21.0 Å². The summed E-state index contributed by atoms with van der Waals surface area (Å²) in [6.07, 6.45) is -3.48. The highest BCUT2D eigenvalue weighted by Crippen LogP contribution is 2.39. The normalized spacial score (nSPS) is 19.2. The van der Waals surface area contributed by atoms with Gasteiger partial charge in [0.2, 0.25) is 0 Å². The molecule has 202 valence electrons. The lowest BCUT2D eigenvalue weighted by Crippen LogP contribution is -2.50. The lowest BCUT2D eigenvalue weighted by atomic mass is 9.99. The molecule has 2 aliphatic rings. The van der Waals surface area contributed by atoms with E-state index < -0.39 is 34.5 Å². The van der Waals surface area contributed by atoms with Crippen molar-refractivity contribution in [1.82, 2.24) is 4.90 Å². The third-order valence-electron chi connectivity index (χ3n) is 5.68. The summed E-state index contributed by atoms with van der Waals surface area (Å²) in [5.74, 6) is 0.178. The predicted molar refractivity (Wildman–Crippen MR) is 135 cm³/mol. The predicted octanol–water partition coefficient (Wildman–Crippen LogP) is 2.88. The van der Waals surface area contributed by atoms with Gasteiger partial charge in [-0.25, -0.2) is 18.0 Å². The van der Waals surface area contributed by atoms with Crippen molar-refractivity contribution in [1.29, 1.82) is 5.26 Å². The van der Waals surface area contributed by atoms with Crippen molar-refractivity contribution < 1.29 is 37.3 Å². The van der Waals surface area contributed by atoms with E-state index in [0.29, 0.717) is 0 Å². The summed E-state index contributed by atoms with van der Waals surface area (Å²) in [6, 6.07) is 12.0. The van der Waals surface area contributed by atoms with Crippen molar-refractivity contribution in [3.8, 4) is 11.8 Å². The zero-order valence-electron chi connectivity index (χ0n) is 21.1. The van der Waals surface area contributed by atoms with E-state index in [1.54, 1.807) is 0 Å². The smallest absolute Gasteiger partial charge is 0.412 e. The standard InChI is InChI=1S/C25H28N4O8S/c1-25(2,3)15-36-23(31)27-17-7-8-21-20(10-17)29(38(33,34)19-6-4-5-16(9-19)11-26)13-18(37-21)12-28-22(30)14-35-24(28)32/h4-10,18,22,30H,12-15H2,1-3H3,(H,27,31). The van der Waals surface area contributed by atoms with E-state index in [9.17, 15) is 28.4 Å². The number of hydrogen-bond donors (Lipinski definition) is 2. The van der Waals surface area contributed by atoms with Crippen molar-refractivity contribution in [2.75, 3.05) is 35.9 Å². The van der Waals surface area contributed by atoms with E-state index in [-0.39, 0.29) is 59.3 Å². The molecule has 0 aromatic heterocycles. The minimum Gasteiger partial charge on any atom is -0.484 e. The molecule has 2 aromatic rings. The van der Waals surface area contributed by atoms with Crippen LogP contribution in [-0.2, 0) is 19.5 Å². The fraction of sp³-hybridized carbons (Fsp3) is 0.400. The molecule has 13 heteroatoms. The molecule has 0 saturated carbocycles. The molecule has 1 saturated heterocycles. The Kier molecular flexibility index (Phi) is 7.39. The molecule has 2 heterocycles. The molecule has 0 bridgehead atoms. The van der Waals surface area contributed by atoms with Gasteiger partial charge in [-0.2, -0.15) is 5.26 Å². The second-order valence-electron chi connectivity index (χ2n) is 10.1. The maximum atomic E-state index is 13.8. The van der Waals surface area contributed by atoms with Gasteiger partial charge < -0.3 is 19.3 Å². The number of rotatable bonds is 6. The van der Waals surface area contributed by atoms with Crippen LogP contribution in [0.3, 0.4) is 0 Å². The van der Waals surface area contributed by atoms with Gasteiger partial charge in [0.05, 0.1) is 41.9 Å². The van der Waals surface area contributed by atoms with Gasteiger partial charge in [-0.3, -0.25) is 14.5 Å². The molecular weight excluding hydrogens is 516 g/mol. The number of fused-ring (bicyclic) bond motifs is 1. The topological polar surface area (TPSA) is 158 Å². The summed E-state index contributed by atoms with van der Waals surface area (Å²) in [6.45, 7) is 5.36. The molecule has 0 radical (unpaired) electrons. The van der Waals surface area contributed by atoms with Crippen LogP contribution in [0.5, 0.6) is 5.75 Å². The Labute approximate surface area is 220 Å². The Balaban J connectivity index is 1.67. The Bertz CT molecular complexity index is 1380. The zero-order valence-corrected chi connectivity index (χ0v) is 21.9. The maximum absolute atomic E-state index is 13.8. The Morgan fingerprint density at radius 1 is 1.26 bits per heavy atom. The number of aliphatic hydroxyl groups is 1. The van der Waals surface area contributed by atoms with E-state index in [1.165, 1.54) is 42.5 Å². The first-order valence-corrected chi connectivity index (χ1v) is 13.2. The first kappa shape index (κ1) is 27.0. The molecule has 2 N–H and O–H groups in total. The first-order chi connectivity index (χ1) is 17.9. The third-order valence-corrected chi connectivity index (χ3v) is 7.45. The molecular formula is C25H28N4O8S. The minimum atomic E-state index is -4.22. The number of aliphatic hydroxyl groups excluding tert-OH is 1. The van der Waals surface area contributed by atoms with Gasteiger partial charge >= 0.3 is 12.2 Å². The van der Waals surface area contributed by atoms with Gasteiger partial charge in [0.1, 0.15) is 18.5 Å². The van der Waals surface area contributed by atoms with Crippen LogP contribution in [0.25, 0.3) is 0 Å². The molecule has 2 unspecified atom stereocenters. The average Bonchev–Trinajstić information content (AvgIpc) is 3.19. The van der Waals surface area contributed by atoms with Crippen LogP contribution in [0.2, 0.25) is 0 Å². The Morgan fingerprint density at radius 2 is 2.03 bits per heavy atom. The van der Waals surface area contributed by atoms with Gasteiger partial charge in [-0.05, 0) is 41.8 Å². The van der Waals surface area contributed by atoms with E-state index in [2.05, 4.69) is 5.32 Å². The quantitative estimate of drug-likeness (QED) is 0.558. The molecule has 2 aliphatic heterocycles. The van der Waals surface area contributed by atoms with Crippen LogP contribution in [0.1, 0.15) is 26.3 Å². The van der Waals surface area contributed by atoms with E-state index in [1.807, 2.05) is 26.8 Å². The molecule has 2 aromatic carbocycles. The van der Waals surface area contributed by atoms with E-state index in [0.717, 1.165) is 9.21 Å². The molecule has 38 heavy (non-hydrogen) atoms. The number of hydrogen-bond acceptors (Lipinski definition) is 9. The highest BCUT2D eigenvalue weighted by molar-refractivity contribution is 7.92. The summed E-state index contributed by atoms with van der Waals surface area (Å²) in [5.41, 5.74) is 0.334. The number of ether oxygens (including phenoxy) is 3. The monoisotopic (exact) mass is 544 g/mol. The number of cyclic esters (lactones) is 1. The number of nitriles is 1. The molecule has 4 rings (SSSR count). The fourth-order valence-electron chi connectivity index (χ4n) is 3.86. The largest absolute Gasteiger partial charge is 0.484 e. The number of amides is 2. The van der Waals surface area contributed by atoms with Gasteiger partial charge in [0.25, 0.3) is 10.0 Å². The van der Waals surface area contributed by atoms with Gasteiger partial charge in [-0.15, -0.1) is 0 Å². The lowest BCUT2D eigenvalue weighted by molar-refractivity contribution is 0.0360. The molecule has 2 atom stereocenters. The molecule has 1 fully saturated rings. The maximum Gasteiger partial charge on any atom is 0.412 e. The van der Waals surface area contributed by atoms with Crippen molar-refractivity contribution in [3.63, 3.8) is 0 Å². The first-order valence-electron chi connectivity index (χ1n) is 11.8. The lowest BCUT2D eigenvalue weighted by Gasteiger charge is -2.37. The molecule has 0 spiro atoms. The van der Waals surface area contributed by atoms with Crippen LogP contribution in [-0.4, -0.2) is 69.2 Å². The number of nitrogens with one attached hydrogen (secondary N) is 1. The van der Waals surface area contributed by atoms with Crippen molar-refractivity contribution in [2.24, 2.45) is 5.41 Å². The van der Waals surface area contributed by atoms with Crippen LogP contribution >= 0.6 is 0 Å². The van der Waals surface area contributed by atoms with Gasteiger partial charge in [-0.1, -0.05) is 26.8 Å². The summed E-state index contributed by atoms with van der Waals surface area (Å²) in [7, 11) is -4.22. The number of benzene rings is 2. The second-order valence-corrected chi connectivity index (χ2v) is 11.9.